The number of nitrogens with two attached hydrogens (primary N) is 1. The molecule has 3 aromatic rings. The second kappa shape index (κ2) is 13.4. The average molecular weight is 498 g/mol. The van der Waals surface area contributed by atoms with Crippen LogP contribution in [0.2, 0.25) is 0 Å². The molecule has 0 aliphatic heterocycles. The van der Waals surface area contributed by atoms with Crippen LogP contribution in [0.15, 0.2) is 48.7 Å². The molecule has 0 aliphatic carbocycles. The van der Waals surface area contributed by atoms with Crippen molar-refractivity contribution in [2.75, 3.05) is 5.32 Å². The highest BCUT2D eigenvalue weighted by Gasteiger charge is 2.21. The molecule has 174 valence electrons. The Balaban J connectivity index is 0.00000320. The van der Waals surface area contributed by atoms with Crippen LogP contribution in [-0.2, 0) is 13.0 Å². The summed E-state index contributed by atoms with van der Waals surface area (Å²) in [4.78, 5) is 21.8. The van der Waals surface area contributed by atoms with E-state index < -0.39 is 0 Å². The van der Waals surface area contributed by atoms with Gasteiger partial charge in [0.1, 0.15) is 5.69 Å². The minimum atomic E-state index is -0.261. The second-order valence-corrected chi connectivity index (χ2v) is 7.71. The predicted octanol–water partition coefficient (Wildman–Crippen LogP) is 5.94. The van der Waals surface area contributed by atoms with Gasteiger partial charge in [0.2, 0.25) is 0 Å². The molecule has 2 heterocycles. The van der Waals surface area contributed by atoms with Crippen molar-refractivity contribution in [2.24, 2.45) is 11.7 Å². The van der Waals surface area contributed by atoms with Gasteiger partial charge >= 0.3 is 0 Å². The quantitative estimate of drug-likeness (QED) is 0.442. The lowest BCUT2D eigenvalue weighted by molar-refractivity contribution is 0.102. The first kappa shape index (κ1) is 29.8. The number of hydrogen-bond donors (Lipinski definition) is 2. The summed E-state index contributed by atoms with van der Waals surface area (Å²) in [5.41, 5.74) is 13.1. The maximum absolute atomic E-state index is 12.8. The predicted molar refractivity (Wildman–Crippen MR) is 140 cm³/mol. The lowest BCUT2D eigenvalue weighted by Gasteiger charge is -2.21. The Morgan fingerprint density at radius 3 is 2.22 bits per heavy atom. The fourth-order valence-corrected chi connectivity index (χ4v) is 3.44. The van der Waals surface area contributed by atoms with Crippen molar-refractivity contribution in [3.05, 3.63) is 76.9 Å². The van der Waals surface area contributed by atoms with Crippen LogP contribution in [0.25, 0.3) is 11.1 Å². The van der Waals surface area contributed by atoms with Crippen molar-refractivity contribution in [2.45, 2.75) is 40.7 Å². The van der Waals surface area contributed by atoms with Gasteiger partial charge in [-0.15, -0.1) is 37.2 Å². The highest BCUT2D eigenvalue weighted by molar-refractivity contribution is 6.06. The number of nitrogens with zero attached hydrogens (tertiary/aromatic N) is 2. The largest absolute Gasteiger partial charge is 0.326 e. The van der Waals surface area contributed by atoms with E-state index in [1.54, 1.807) is 24.4 Å². The Morgan fingerprint density at radius 1 is 1.03 bits per heavy atom. The monoisotopic (exact) mass is 496 g/mol. The maximum Gasteiger partial charge on any atom is 0.274 e. The summed E-state index contributed by atoms with van der Waals surface area (Å²) in [6.07, 6.45) is 2.44. The summed E-state index contributed by atoms with van der Waals surface area (Å²) in [6.45, 7) is 8.67. The van der Waals surface area contributed by atoms with Gasteiger partial charge in [-0.2, -0.15) is 0 Å². The van der Waals surface area contributed by atoms with Gasteiger partial charge in [0, 0.05) is 24.0 Å². The third-order valence-electron chi connectivity index (χ3n) is 4.85. The molecule has 0 saturated heterocycles. The van der Waals surface area contributed by atoms with Crippen molar-refractivity contribution in [1.82, 2.24) is 9.97 Å². The number of halogens is 3. The van der Waals surface area contributed by atoms with Crippen LogP contribution in [0.4, 0.5) is 5.69 Å². The van der Waals surface area contributed by atoms with E-state index in [2.05, 4.69) is 55.3 Å². The van der Waals surface area contributed by atoms with E-state index in [0.29, 0.717) is 23.8 Å². The number of aromatic nitrogens is 2. The number of aryl methyl sites for hydroxylation is 2. The lowest BCUT2D eigenvalue weighted by atomic mass is 9.92. The van der Waals surface area contributed by atoms with Gasteiger partial charge in [-0.05, 0) is 49.4 Å². The first-order valence-electron chi connectivity index (χ1n) is 9.92. The van der Waals surface area contributed by atoms with Gasteiger partial charge in [-0.25, -0.2) is 0 Å². The molecule has 3 N–H and O–H groups in total. The van der Waals surface area contributed by atoms with Gasteiger partial charge in [0.25, 0.3) is 5.91 Å². The highest BCUT2D eigenvalue weighted by atomic mass is 35.5. The number of nitrogens with one attached hydrogen (secondary N) is 1. The van der Waals surface area contributed by atoms with Crippen molar-refractivity contribution in [3.8, 4) is 11.1 Å². The van der Waals surface area contributed by atoms with E-state index >= 15 is 0 Å². The van der Waals surface area contributed by atoms with Crippen molar-refractivity contribution < 1.29 is 4.79 Å². The SMILES string of the molecule is Cc1ccc(-c2c(CN)c(CC(C)C)nc(C)c2NC(=O)c2ccccn2)cc1.Cl.Cl.Cl. The van der Waals surface area contributed by atoms with Crippen LogP contribution in [0.3, 0.4) is 0 Å². The lowest BCUT2D eigenvalue weighted by Crippen LogP contribution is -2.18. The van der Waals surface area contributed by atoms with E-state index in [1.165, 1.54) is 5.56 Å². The fraction of sp³-hybridized carbons (Fsp3) is 0.292. The summed E-state index contributed by atoms with van der Waals surface area (Å²) in [7, 11) is 0. The Bertz CT molecular complexity index is 1010. The minimum absolute atomic E-state index is 0. The molecule has 0 saturated carbocycles. The van der Waals surface area contributed by atoms with Gasteiger partial charge < -0.3 is 11.1 Å². The first-order chi connectivity index (χ1) is 13.9. The van der Waals surface area contributed by atoms with Crippen molar-refractivity contribution in [3.63, 3.8) is 0 Å². The zero-order valence-corrected chi connectivity index (χ0v) is 21.2. The second-order valence-electron chi connectivity index (χ2n) is 7.71. The summed E-state index contributed by atoms with van der Waals surface area (Å²) >= 11 is 0. The molecule has 2 aromatic heterocycles. The maximum atomic E-state index is 12.8. The third kappa shape index (κ3) is 6.91. The summed E-state index contributed by atoms with van der Waals surface area (Å²) in [6, 6.07) is 13.5. The molecular weight excluding hydrogens is 467 g/mol. The Hall–Kier alpha value is -2.18. The molecular formula is C24H31Cl3N4O. The van der Waals surface area contributed by atoms with Crippen LogP contribution >= 0.6 is 37.2 Å². The number of pyridine rings is 2. The summed E-state index contributed by atoms with van der Waals surface area (Å²) in [5.74, 6) is 0.190. The van der Waals surface area contributed by atoms with E-state index in [-0.39, 0.29) is 43.1 Å². The Labute approximate surface area is 208 Å². The molecule has 0 unspecified atom stereocenters. The zero-order valence-electron chi connectivity index (χ0n) is 18.7. The Kier molecular flexibility index (Phi) is 12.5. The number of hydrogen-bond acceptors (Lipinski definition) is 4. The molecule has 0 atom stereocenters. The average Bonchev–Trinajstić information content (AvgIpc) is 2.70. The topological polar surface area (TPSA) is 80.9 Å². The van der Waals surface area contributed by atoms with E-state index in [1.807, 2.05) is 6.92 Å². The standard InChI is InChI=1S/C24H28N4O.3ClH/c1-15(2)13-21-19(14-25)22(18-10-8-16(3)9-11-18)23(17(4)27-21)28-24(29)20-7-5-6-12-26-20;;;/h5-12,15H,13-14,25H2,1-4H3,(H,28,29);3*1H. The molecule has 32 heavy (non-hydrogen) atoms. The van der Waals surface area contributed by atoms with Gasteiger partial charge in [0.05, 0.1) is 11.4 Å². The van der Waals surface area contributed by atoms with Gasteiger partial charge in [0.15, 0.2) is 0 Å². The van der Waals surface area contributed by atoms with Crippen molar-refractivity contribution in [1.29, 1.82) is 0 Å². The minimum Gasteiger partial charge on any atom is -0.326 e. The summed E-state index contributed by atoms with van der Waals surface area (Å²) in [5, 5.41) is 3.04. The molecule has 1 amide bonds. The van der Waals surface area contributed by atoms with Gasteiger partial charge in [-0.1, -0.05) is 49.7 Å². The van der Waals surface area contributed by atoms with Crippen LogP contribution in [0.1, 0.15) is 46.9 Å². The number of anilines is 1. The molecule has 1 aromatic carbocycles. The molecule has 0 spiro atoms. The molecule has 0 fully saturated rings. The number of benzene rings is 1. The van der Waals surface area contributed by atoms with Crippen LogP contribution in [-0.4, -0.2) is 15.9 Å². The van der Waals surface area contributed by atoms with Gasteiger partial charge in [-0.3, -0.25) is 14.8 Å². The molecule has 5 nitrogen and oxygen atoms in total. The summed E-state index contributed by atoms with van der Waals surface area (Å²) < 4.78 is 0. The van der Waals surface area contributed by atoms with E-state index in [0.717, 1.165) is 34.5 Å². The molecule has 0 bridgehead atoms. The third-order valence-corrected chi connectivity index (χ3v) is 4.85. The number of carbonyl (C=O) groups excluding carboxylic acids is 1. The van der Waals surface area contributed by atoms with E-state index in [9.17, 15) is 4.79 Å². The normalized spacial score (nSPS) is 9.94. The highest BCUT2D eigenvalue weighted by Crippen LogP contribution is 2.36. The smallest absolute Gasteiger partial charge is 0.274 e. The number of rotatable bonds is 6. The molecule has 0 radical (unpaired) electrons. The zero-order chi connectivity index (χ0) is 21.0. The first-order valence-corrected chi connectivity index (χ1v) is 9.92. The fourth-order valence-electron chi connectivity index (χ4n) is 3.44. The van der Waals surface area contributed by atoms with Crippen LogP contribution < -0.4 is 11.1 Å². The Morgan fingerprint density at radius 2 is 1.69 bits per heavy atom. The number of carbonyl (C=O) groups is 1. The van der Waals surface area contributed by atoms with Crippen LogP contribution in [0.5, 0.6) is 0 Å². The number of amides is 1. The molecule has 3 rings (SSSR count). The van der Waals surface area contributed by atoms with Crippen molar-refractivity contribution >= 4 is 48.8 Å². The molecule has 0 aliphatic rings. The molecule has 8 heteroatoms. The van der Waals surface area contributed by atoms with E-state index in [4.69, 9.17) is 10.7 Å². The van der Waals surface area contributed by atoms with Crippen LogP contribution in [0, 0.1) is 19.8 Å².